The average Bonchev–Trinajstić information content (AvgIpc) is 2.27. The minimum absolute atomic E-state index is 0.175. The molecule has 0 aliphatic rings. The van der Waals surface area contributed by atoms with E-state index in [1.165, 1.54) is 5.56 Å². The predicted octanol–water partition coefficient (Wildman–Crippen LogP) is 3.34. The molecule has 0 fully saturated rings. The fourth-order valence-electron chi connectivity index (χ4n) is 1.25. The van der Waals surface area contributed by atoms with Crippen LogP contribution in [0.2, 0.25) is 0 Å². The molecule has 0 unspecified atom stereocenters. The van der Waals surface area contributed by atoms with Crippen LogP contribution in [-0.2, 0) is 11.3 Å². The normalized spacial score (nSPS) is 11.8. The fourth-order valence-corrected chi connectivity index (χ4v) is 1.65. The van der Waals surface area contributed by atoms with Gasteiger partial charge in [0.1, 0.15) is 0 Å². The first kappa shape index (κ1) is 13.7. The number of ether oxygens (including phenoxy) is 1. The Morgan fingerprint density at radius 2 is 2.00 bits per heavy atom. The van der Waals surface area contributed by atoms with Crippen LogP contribution in [0, 0.1) is 5.41 Å². The van der Waals surface area contributed by atoms with E-state index in [0.29, 0.717) is 13.2 Å². The van der Waals surface area contributed by atoms with Crippen LogP contribution in [-0.4, -0.2) is 13.2 Å². The molecular formula is C13H20BrNO. The van der Waals surface area contributed by atoms with Gasteiger partial charge in [0.05, 0.1) is 6.61 Å². The third-order valence-corrected chi connectivity index (χ3v) is 3.46. The summed E-state index contributed by atoms with van der Waals surface area (Å²) < 4.78 is 6.76. The summed E-state index contributed by atoms with van der Waals surface area (Å²) >= 11 is 3.50. The van der Waals surface area contributed by atoms with Gasteiger partial charge < -0.3 is 10.5 Å². The molecule has 0 amide bonds. The molecule has 0 bridgehead atoms. The van der Waals surface area contributed by atoms with E-state index in [9.17, 15) is 0 Å². The third-order valence-electron chi connectivity index (χ3n) is 2.69. The summed E-state index contributed by atoms with van der Waals surface area (Å²) in [5.41, 5.74) is 7.02. The van der Waals surface area contributed by atoms with E-state index >= 15 is 0 Å². The second kappa shape index (κ2) is 6.38. The molecule has 1 aromatic carbocycles. The number of hydrogen-bond acceptors (Lipinski definition) is 2. The van der Waals surface area contributed by atoms with Gasteiger partial charge in [-0.15, -0.1) is 0 Å². The van der Waals surface area contributed by atoms with Gasteiger partial charge in [0, 0.05) is 11.1 Å². The van der Waals surface area contributed by atoms with Crippen molar-refractivity contribution < 1.29 is 4.74 Å². The van der Waals surface area contributed by atoms with Gasteiger partial charge in [-0.3, -0.25) is 0 Å². The van der Waals surface area contributed by atoms with Crippen LogP contribution < -0.4 is 5.73 Å². The van der Waals surface area contributed by atoms with E-state index in [-0.39, 0.29) is 5.41 Å². The summed E-state index contributed by atoms with van der Waals surface area (Å²) in [5, 5.41) is 0. The molecule has 0 radical (unpaired) electrons. The van der Waals surface area contributed by atoms with E-state index in [2.05, 4.69) is 35.8 Å². The largest absolute Gasteiger partial charge is 0.377 e. The highest BCUT2D eigenvalue weighted by molar-refractivity contribution is 9.10. The first-order chi connectivity index (χ1) is 7.55. The summed E-state index contributed by atoms with van der Waals surface area (Å²) in [6.45, 7) is 6.43. The van der Waals surface area contributed by atoms with E-state index in [1.54, 1.807) is 0 Å². The Morgan fingerprint density at radius 3 is 2.62 bits per heavy atom. The molecule has 3 heteroatoms. The Labute approximate surface area is 106 Å². The van der Waals surface area contributed by atoms with Crippen molar-refractivity contribution in [3.05, 3.63) is 34.3 Å². The summed E-state index contributed by atoms with van der Waals surface area (Å²) in [7, 11) is 0. The molecule has 0 spiro atoms. The van der Waals surface area contributed by atoms with Crippen LogP contribution in [0.4, 0.5) is 0 Å². The molecule has 0 saturated carbocycles. The van der Waals surface area contributed by atoms with Crippen molar-refractivity contribution in [2.75, 3.05) is 13.2 Å². The molecule has 0 atom stereocenters. The smallest absolute Gasteiger partial charge is 0.0727 e. The van der Waals surface area contributed by atoms with Crippen LogP contribution in [0.5, 0.6) is 0 Å². The SMILES string of the molecule is CC(C)(CN)CCOCc1ccccc1Br. The van der Waals surface area contributed by atoms with Crippen LogP contribution in [0.25, 0.3) is 0 Å². The van der Waals surface area contributed by atoms with E-state index < -0.39 is 0 Å². The van der Waals surface area contributed by atoms with E-state index in [4.69, 9.17) is 10.5 Å². The predicted molar refractivity (Wildman–Crippen MR) is 71.3 cm³/mol. The molecule has 90 valence electrons. The van der Waals surface area contributed by atoms with Crippen molar-refractivity contribution in [2.24, 2.45) is 11.1 Å². The molecule has 2 N–H and O–H groups in total. The van der Waals surface area contributed by atoms with Gasteiger partial charge in [0.2, 0.25) is 0 Å². The monoisotopic (exact) mass is 285 g/mol. The molecule has 1 rings (SSSR count). The molecule has 0 saturated heterocycles. The molecule has 0 aliphatic heterocycles. The number of benzene rings is 1. The summed E-state index contributed by atoms with van der Waals surface area (Å²) in [6, 6.07) is 8.12. The average molecular weight is 286 g/mol. The first-order valence-corrected chi connectivity index (χ1v) is 6.36. The Morgan fingerprint density at radius 1 is 1.31 bits per heavy atom. The number of hydrogen-bond donors (Lipinski definition) is 1. The Kier molecular flexibility index (Phi) is 5.46. The van der Waals surface area contributed by atoms with Crippen molar-refractivity contribution in [2.45, 2.75) is 26.9 Å². The minimum Gasteiger partial charge on any atom is -0.377 e. The topological polar surface area (TPSA) is 35.2 Å². The molecule has 0 heterocycles. The second-order valence-electron chi connectivity index (χ2n) is 4.76. The summed E-state index contributed by atoms with van der Waals surface area (Å²) in [6.07, 6.45) is 0.994. The lowest BCUT2D eigenvalue weighted by Crippen LogP contribution is -2.25. The highest BCUT2D eigenvalue weighted by atomic mass is 79.9. The van der Waals surface area contributed by atoms with Crippen molar-refractivity contribution in [3.63, 3.8) is 0 Å². The maximum Gasteiger partial charge on any atom is 0.0727 e. The van der Waals surface area contributed by atoms with E-state index in [1.807, 2.05) is 18.2 Å². The van der Waals surface area contributed by atoms with Crippen molar-refractivity contribution in [1.82, 2.24) is 0 Å². The van der Waals surface area contributed by atoms with Crippen molar-refractivity contribution in [1.29, 1.82) is 0 Å². The Bertz CT molecular complexity index is 325. The molecule has 2 nitrogen and oxygen atoms in total. The second-order valence-corrected chi connectivity index (χ2v) is 5.62. The zero-order chi connectivity index (χ0) is 12.0. The molecule has 16 heavy (non-hydrogen) atoms. The third kappa shape index (κ3) is 4.64. The Hall–Kier alpha value is -0.380. The molecule has 0 aromatic heterocycles. The van der Waals surface area contributed by atoms with Gasteiger partial charge in [-0.25, -0.2) is 0 Å². The van der Waals surface area contributed by atoms with Gasteiger partial charge in [0.25, 0.3) is 0 Å². The minimum atomic E-state index is 0.175. The maximum absolute atomic E-state index is 5.66. The standard InChI is InChI=1S/C13H20BrNO/c1-13(2,10-15)7-8-16-9-11-5-3-4-6-12(11)14/h3-6H,7-10,15H2,1-2H3. The van der Waals surface area contributed by atoms with Gasteiger partial charge in [-0.1, -0.05) is 48.0 Å². The highest BCUT2D eigenvalue weighted by Gasteiger charge is 2.14. The van der Waals surface area contributed by atoms with E-state index in [0.717, 1.165) is 17.5 Å². The van der Waals surface area contributed by atoms with Crippen LogP contribution >= 0.6 is 15.9 Å². The highest BCUT2D eigenvalue weighted by Crippen LogP contribution is 2.20. The number of rotatable bonds is 6. The van der Waals surface area contributed by atoms with Crippen LogP contribution in [0.1, 0.15) is 25.8 Å². The lowest BCUT2D eigenvalue weighted by atomic mass is 9.90. The van der Waals surface area contributed by atoms with Crippen LogP contribution in [0.3, 0.4) is 0 Å². The van der Waals surface area contributed by atoms with Crippen LogP contribution in [0.15, 0.2) is 28.7 Å². The lowest BCUT2D eigenvalue weighted by molar-refractivity contribution is 0.0936. The molecule has 0 aliphatic carbocycles. The quantitative estimate of drug-likeness (QED) is 0.814. The van der Waals surface area contributed by atoms with Crippen molar-refractivity contribution in [3.8, 4) is 0 Å². The summed E-state index contributed by atoms with van der Waals surface area (Å²) in [4.78, 5) is 0. The molecule has 1 aromatic rings. The van der Waals surface area contributed by atoms with Gasteiger partial charge in [-0.2, -0.15) is 0 Å². The molecular weight excluding hydrogens is 266 g/mol. The lowest BCUT2D eigenvalue weighted by Gasteiger charge is -2.21. The zero-order valence-electron chi connectivity index (χ0n) is 10.0. The van der Waals surface area contributed by atoms with Gasteiger partial charge >= 0.3 is 0 Å². The first-order valence-electron chi connectivity index (χ1n) is 5.56. The fraction of sp³-hybridized carbons (Fsp3) is 0.538. The van der Waals surface area contributed by atoms with Crippen molar-refractivity contribution >= 4 is 15.9 Å². The zero-order valence-corrected chi connectivity index (χ0v) is 11.6. The van der Waals surface area contributed by atoms with Gasteiger partial charge in [-0.05, 0) is 30.0 Å². The Balaban J connectivity index is 2.29. The maximum atomic E-state index is 5.66. The number of halogens is 1. The summed E-state index contributed by atoms with van der Waals surface area (Å²) in [5.74, 6) is 0. The van der Waals surface area contributed by atoms with Gasteiger partial charge in [0.15, 0.2) is 0 Å². The number of nitrogens with two attached hydrogens (primary N) is 1.